The van der Waals surface area contributed by atoms with Crippen molar-refractivity contribution in [1.29, 1.82) is 0 Å². The number of rotatable bonds is 1. The second kappa shape index (κ2) is 4.74. The van der Waals surface area contributed by atoms with Crippen LogP contribution in [0.1, 0.15) is 18.1 Å². The van der Waals surface area contributed by atoms with Crippen LogP contribution in [0.3, 0.4) is 0 Å². The Labute approximate surface area is 132 Å². The number of fused-ring (bicyclic) bond motifs is 3. The lowest BCUT2D eigenvalue weighted by molar-refractivity contribution is 1.16. The third-order valence-corrected chi connectivity index (χ3v) is 4.56. The molecule has 0 saturated carbocycles. The highest BCUT2D eigenvalue weighted by atomic mass is 15.0. The Balaban J connectivity index is 2.26. The summed E-state index contributed by atoms with van der Waals surface area (Å²) in [5.74, 6) is 0. The zero-order chi connectivity index (χ0) is 16.1. The third-order valence-electron chi connectivity index (χ3n) is 4.56. The minimum atomic E-state index is 0.537. The van der Waals surface area contributed by atoms with Gasteiger partial charge in [0.2, 0.25) is 0 Å². The Morgan fingerprint density at radius 1 is 0.864 bits per heavy atom. The molecule has 0 radical (unpaired) electrons. The second-order valence-electron chi connectivity index (χ2n) is 6.02. The molecule has 0 amide bonds. The summed E-state index contributed by atoms with van der Waals surface area (Å²) in [6.45, 7) is 6.47. The van der Waals surface area contributed by atoms with E-state index in [9.17, 15) is 0 Å². The number of benzene rings is 3. The van der Waals surface area contributed by atoms with Crippen LogP contribution in [-0.4, -0.2) is 4.57 Å². The highest BCUT2D eigenvalue weighted by molar-refractivity contribution is 6.10. The minimum Gasteiger partial charge on any atom is -0.309 e. The second-order valence-corrected chi connectivity index (χ2v) is 6.02. The van der Waals surface area contributed by atoms with Crippen LogP contribution in [0, 0.1) is 20.8 Å². The van der Waals surface area contributed by atoms with Crippen molar-refractivity contribution in [2.24, 2.45) is 0 Å². The van der Waals surface area contributed by atoms with Crippen LogP contribution in [0.25, 0.3) is 27.5 Å². The summed E-state index contributed by atoms with van der Waals surface area (Å²) >= 11 is 0. The predicted octanol–water partition coefficient (Wildman–Crippen LogP) is 5.71. The van der Waals surface area contributed by atoms with Crippen LogP contribution >= 0.6 is 0 Å². The molecule has 0 aliphatic heterocycles. The van der Waals surface area contributed by atoms with E-state index in [0.29, 0.717) is 6.04 Å². The summed E-state index contributed by atoms with van der Waals surface area (Å²) in [5, 5.41) is 2.54. The van der Waals surface area contributed by atoms with E-state index in [1.807, 2.05) is 18.2 Å². The number of nitrogens with zero attached hydrogens (tertiary/aromatic N) is 1. The van der Waals surface area contributed by atoms with Crippen LogP contribution in [0.4, 0.5) is 0 Å². The predicted molar refractivity (Wildman–Crippen MR) is 95.0 cm³/mol. The fourth-order valence-corrected chi connectivity index (χ4v) is 3.27. The summed E-state index contributed by atoms with van der Waals surface area (Å²) in [7, 11) is 0. The van der Waals surface area contributed by atoms with Gasteiger partial charge >= 0.3 is 0 Å². The van der Waals surface area contributed by atoms with Crippen molar-refractivity contribution in [3.8, 4) is 5.69 Å². The molecule has 3 aromatic carbocycles. The van der Waals surface area contributed by atoms with E-state index in [1.54, 1.807) is 0 Å². The van der Waals surface area contributed by atoms with Crippen LogP contribution in [0.15, 0.2) is 60.6 Å². The third kappa shape index (κ3) is 1.79. The molecule has 108 valence electrons. The highest BCUT2D eigenvalue weighted by Gasteiger charge is 2.14. The maximum Gasteiger partial charge on any atom is 0.0623 e. The molecule has 0 N–H and O–H groups in total. The SMILES string of the molecule is [2H]c1cccc(-n2c3cc(C)ccc3c3ccc(C)c(C)c32)c1. The van der Waals surface area contributed by atoms with E-state index in [1.165, 1.54) is 38.5 Å². The monoisotopic (exact) mass is 286 g/mol. The van der Waals surface area contributed by atoms with Gasteiger partial charge in [0.1, 0.15) is 0 Å². The number of para-hydroxylation sites is 1. The standard InChI is InChI=1S/C21H19N/c1-14-9-11-18-19-12-10-15(2)16(3)21(19)22(20(18)13-14)17-7-5-4-6-8-17/h4-13H,1-3H3/i5D. The van der Waals surface area contributed by atoms with E-state index in [0.717, 1.165) is 5.69 Å². The van der Waals surface area contributed by atoms with Crippen LogP contribution in [-0.2, 0) is 0 Å². The molecule has 1 aromatic heterocycles. The number of hydrogen-bond donors (Lipinski definition) is 0. The molecule has 4 aromatic rings. The smallest absolute Gasteiger partial charge is 0.0623 e. The van der Waals surface area contributed by atoms with Crippen molar-refractivity contribution < 1.29 is 1.37 Å². The molecule has 0 unspecified atom stereocenters. The molecule has 0 aliphatic rings. The van der Waals surface area contributed by atoms with Crippen molar-refractivity contribution in [2.75, 3.05) is 0 Å². The zero-order valence-corrected chi connectivity index (χ0v) is 13.1. The van der Waals surface area contributed by atoms with Crippen LogP contribution < -0.4 is 0 Å². The van der Waals surface area contributed by atoms with E-state index in [4.69, 9.17) is 1.37 Å². The molecule has 4 rings (SSSR count). The molecular weight excluding hydrogens is 266 g/mol. The van der Waals surface area contributed by atoms with Gasteiger partial charge in [-0.15, -0.1) is 0 Å². The zero-order valence-electron chi connectivity index (χ0n) is 14.1. The first kappa shape index (κ1) is 12.0. The van der Waals surface area contributed by atoms with Crippen LogP contribution in [0.2, 0.25) is 0 Å². The number of aryl methyl sites for hydroxylation is 3. The van der Waals surface area contributed by atoms with Crippen LogP contribution in [0.5, 0.6) is 0 Å². The van der Waals surface area contributed by atoms with Gasteiger partial charge in [-0.3, -0.25) is 0 Å². The van der Waals surface area contributed by atoms with Gasteiger partial charge in [0, 0.05) is 16.5 Å². The van der Waals surface area contributed by atoms with Gasteiger partial charge in [0.05, 0.1) is 12.4 Å². The fraction of sp³-hybridized carbons (Fsp3) is 0.143. The molecule has 0 aliphatic carbocycles. The number of aromatic nitrogens is 1. The Kier molecular flexibility index (Phi) is 2.60. The first-order valence-electron chi connectivity index (χ1n) is 8.14. The largest absolute Gasteiger partial charge is 0.309 e. The summed E-state index contributed by atoms with van der Waals surface area (Å²) in [6.07, 6.45) is 0. The minimum absolute atomic E-state index is 0.537. The van der Waals surface area contributed by atoms with E-state index < -0.39 is 0 Å². The molecule has 0 atom stereocenters. The van der Waals surface area contributed by atoms with Crippen molar-refractivity contribution in [2.45, 2.75) is 20.8 Å². The molecule has 0 bridgehead atoms. The molecular formula is C21H19N. The van der Waals surface area contributed by atoms with Crippen molar-refractivity contribution in [3.63, 3.8) is 0 Å². The highest BCUT2D eigenvalue weighted by Crippen LogP contribution is 2.35. The molecule has 1 heteroatoms. The van der Waals surface area contributed by atoms with E-state index in [-0.39, 0.29) is 0 Å². The lowest BCUT2D eigenvalue weighted by Crippen LogP contribution is -1.96. The summed E-state index contributed by atoms with van der Waals surface area (Å²) in [4.78, 5) is 0. The maximum atomic E-state index is 7.98. The van der Waals surface area contributed by atoms with Gasteiger partial charge in [-0.05, 0) is 55.7 Å². The first-order chi connectivity index (χ1) is 11.1. The Morgan fingerprint density at radius 3 is 2.50 bits per heavy atom. The normalized spacial score (nSPS) is 12.0. The van der Waals surface area contributed by atoms with Gasteiger partial charge in [0.25, 0.3) is 0 Å². The molecule has 0 fully saturated rings. The average molecular weight is 286 g/mol. The summed E-state index contributed by atoms with van der Waals surface area (Å²) < 4.78 is 10.3. The number of hydrogen-bond acceptors (Lipinski definition) is 0. The van der Waals surface area contributed by atoms with E-state index >= 15 is 0 Å². The quantitative estimate of drug-likeness (QED) is 0.422. The fourth-order valence-electron chi connectivity index (χ4n) is 3.27. The molecule has 0 spiro atoms. The average Bonchev–Trinajstić information content (AvgIpc) is 2.85. The lowest BCUT2D eigenvalue weighted by atomic mass is 10.0. The molecule has 0 saturated heterocycles. The Morgan fingerprint density at radius 2 is 1.68 bits per heavy atom. The van der Waals surface area contributed by atoms with Gasteiger partial charge in [-0.25, -0.2) is 0 Å². The summed E-state index contributed by atoms with van der Waals surface area (Å²) in [5.41, 5.74) is 7.34. The maximum absolute atomic E-state index is 7.98. The van der Waals surface area contributed by atoms with Gasteiger partial charge in [-0.2, -0.15) is 0 Å². The molecule has 1 nitrogen and oxygen atoms in total. The topological polar surface area (TPSA) is 4.93 Å². The van der Waals surface area contributed by atoms with Gasteiger partial charge in [-0.1, -0.05) is 42.4 Å². The van der Waals surface area contributed by atoms with Gasteiger partial charge < -0.3 is 4.57 Å². The lowest BCUT2D eigenvalue weighted by Gasteiger charge is -2.10. The van der Waals surface area contributed by atoms with Crippen molar-refractivity contribution in [1.82, 2.24) is 4.57 Å². The van der Waals surface area contributed by atoms with Crippen molar-refractivity contribution >= 4 is 21.8 Å². The van der Waals surface area contributed by atoms with E-state index in [2.05, 4.69) is 61.7 Å². The van der Waals surface area contributed by atoms with Gasteiger partial charge in [0.15, 0.2) is 0 Å². The first-order valence-corrected chi connectivity index (χ1v) is 7.64. The summed E-state index contributed by atoms with van der Waals surface area (Å²) in [6, 6.07) is 19.4. The Bertz CT molecular complexity index is 1060. The van der Waals surface area contributed by atoms with Crippen molar-refractivity contribution in [3.05, 3.63) is 77.3 Å². The molecule has 1 heterocycles. The Hall–Kier alpha value is -2.54. The molecule has 22 heavy (non-hydrogen) atoms.